The zero-order chi connectivity index (χ0) is 23.0. The van der Waals surface area contributed by atoms with E-state index in [1.165, 1.54) is 0 Å². The zero-order valence-corrected chi connectivity index (χ0v) is 20.3. The Bertz CT molecular complexity index is 795. The van der Waals surface area contributed by atoms with Gasteiger partial charge in [-0.25, -0.2) is 4.79 Å². The number of amides is 1. The fourth-order valence-corrected chi connectivity index (χ4v) is 8.97. The minimum absolute atomic E-state index is 0.184. The summed E-state index contributed by atoms with van der Waals surface area (Å²) >= 11 is 0. The fourth-order valence-electron chi connectivity index (χ4n) is 4.36. The van der Waals surface area contributed by atoms with Crippen LogP contribution in [-0.2, 0) is 13.9 Å². The minimum atomic E-state index is -2.75. The zero-order valence-electron chi connectivity index (χ0n) is 19.3. The van der Waals surface area contributed by atoms with Gasteiger partial charge in [-0.15, -0.1) is 0 Å². The summed E-state index contributed by atoms with van der Waals surface area (Å²) in [6, 6.07) is 20.1. The second-order valence-corrected chi connectivity index (χ2v) is 13.6. The summed E-state index contributed by atoms with van der Waals surface area (Å²) < 4.78 is 18.4. The van der Waals surface area contributed by atoms with E-state index in [1.807, 2.05) is 36.4 Å². The molecule has 1 saturated heterocycles. The molecular weight excluding hydrogens is 422 g/mol. The van der Waals surface area contributed by atoms with Crippen LogP contribution in [0.4, 0.5) is 4.79 Å². The number of hydrogen-bond acceptors (Lipinski definition) is 4. The van der Waals surface area contributed by atoms with E-state index in [9.17, 15) is 9.90 Å². The van der Waals surface area contributed by atoms with Crippen LogP contribution < -0.4 is 15.7 Å². The number of nitrogens with one attached hydrogen (secondary N) is 1. The Labute approximate surface area is 192 Å². The first-order valence-corrected chi connectivity index (χ1v) is 13.2. The Hall–Kier alpha value is -2.19. The lowest BCUT2D eigenvalue weighted by molar-refractivity contribution is -0.166. The van der Waals surface area contributed by atoms with E-state index in [2.05, 4.69) is 50.4 Å². The van der Waals surface area contributed by atoms with Gasteiger partial charge in [-0.3, -0.25) is 0 Å². The second kappa shape index (κ2) is 11.1. The molecule has 2 atom stereocenters. The van der Waals surface area contributed by atoms with Crippen LogP contribution in [0, 0.1) is 0 Å². The van der Waals surface area contributed by atoms with Gasteiger partial charge in [0.05, 0.1) is 19.3 Å². The third-order valence-corrected chi connectivity index (χ3v) is 10.9. The fraction of sp³-hybridized carbons (Fsp3) is 0.480. The molecule has 7 heteroatoms. The standard InChI is InChI=1S/C25H35NO5Si/c1-25(2,3)32(21-12-6-4-7-13-21,22-14-8-5-9-15-22)31-19-20(26-24(27)28)18-30-23-16-10-11-17-29-23/h4-9,12-15,20,23,26H,10-11,16-19H2,1-3H3,(H,27,28)/t20-,23?/m1/s1. The molecular formula is C25H35NO5Si. The Morgan fingerprint density at radius 1 is 1.06 bits per heavy atom. The number of carbonyl (C=O) groups is 1. The van der Waals surface area contributed by atoms with Gasteiger partial charge in [0.25, 0.3) is 8.32 Å². The molecule has 1 aliphatic rings. The van der Waals surface area contributed by atoms with E-state index in [-0.39, 0.29) is 24.5 Å². The monoisotopic (exact) mass is 457 g/mol. The number of ether oxygens (including phenoxy) is 2. The molecule has 1 aliphatic heterocycles. The van der Waals surface area contributed by atoms with Crippen molar-refractivity contribution in [2.24, 2.45) is 0 Å². The number of carboxylic acid groups (broad SMARTS) is 1. The molecule has 0 bridgehead atoms. The predicted molar refractivity (Wildman–Crippen MR) is 128 cm³/mol. The van der Waals surface area contributed by atoms with Crippen LogP contribution in [0.25, 0.3) is 0 Å². The summed E-state index contributed by atoms with van der Waals surface area (Å²) in [5.41, 5.74) is 0. The molecule has 2 aromatic carbocycles. The Morgan fingerprint density at radius 2 is 1.66 bits per heavy atom. The third kappa shape index (κ3) is 5.98. The van der Waals surface area contributed by atoms with Gasteiger partial charge >= 0.3 is 6.09 Å². The van der Waals surface area contributed by atoms with Crippen molar-refractivity contribution in [1.82, 2.24) is 5.32 Å². The average molecular weight is 458 g/mol. The number of rotatable bonds is 9. The SMILES string of the molecule is CC(C)(C)[Si](OC[C@@H](COC1CCCCO1)NC(=O)O)(c1ccccc1)c1ccccc1. The van der Waals surface area contributed by atoms with Crippen molar-refractivity contribution < 1.29 is 23.8 Å². The van der Waals surface area contributed by atoms with E-state index in [0.29, 0.717) is 6.61 Å². The van der Waals surface area contributed by atoms with Crippen LogP contribution in [0.15, 0.2) is 60.7 Å². The quantitative estimate of drug-likeness (QED) is 0.561. The van der Waals surface area contributed by atoms with Crippen molar-refractivity contribution in [1.29, 1.82) is 0 Å². The topological polar surface area (TPSA) is 77.0 Å². The molecule has 1 heterocycles. The molecule has 0 saturated carbocycles. The van der Waals surface area contributed by atoms with Gasteiger partial charge in [0.2, 0.25) is 0 Å². The van der Waals surface area contributed by atoms with Crippen LogP contribution in [0.2, 0.25) is 5.04 Å². The van der Waals surface area contributed by atoms with Crippen molar-refractivity contribution in [3.8, 4) is 0 Å². The molecule has 0 aliphatic carbocycles. The van der Waals surface area contributed by atoms with Crippen LogP contribution in [-0.4, -0.2) is 51.7 Å². The summed E-state index contributed by atoms with van der Waals surface area (Å²) in [6.45, 7) is 7.70. The lowest BCUT2D eigenvalue weighted by Gasteiger charge is -2.43. The van der Waals surface area contributed by atoms with Gasteiger partial charge in [-0.1, -0.05) is 81.4 Å². The Morgan fingerprint density at radius 3 is 2.12 bits per heavy atom. The first kappa shape index (κ1) is 24.4. The van der Waals surface area contributed by atoms with Gasteiger partial charge in [-0.05, 0) is 34.7 Å². The van der Waals surface area contributed by atoms with Crippen molar-refractivity contribution in [2.75, 3.05) is 19.8 Å². The van der Waals surface area contributed by atoms with Gasteiger partial charge in [0, 0.05) is 6.61 Å². The summed E-state index contributed by atoms with van der Waals surface area (Å²) in [6.07, 6.45) is 1.55. The van der Waals surface area contributed by atoms with E-state index in [4.69, 9.17) is 13.9 Å². The van der Waals surface area contributed by atoms with Crippen LogP contribution in [0.3, 0.4) is 0 Å². The van der Waals surface area contributed by atoms with Crippen molar-refractivity contribution in [3.63, 3.8) is 0 Å². The normalized spacial score (nSPS) is 18.2. The smallest absolute Gasteiger partial charge is 0.405 e. The molecule has 2 aromatic rings. The highest BCUT2D eigenvalue weighted by molar-refractivity contribution is 6.99. The third-order valence-electron chi connectivity index (χ3n) is 5.87. The highest BCUT2D eigenvalue weighted by Gasteiger charge is 2.50. The number of hydrogen-bond donors (Lipinski definition) is 2. The Balaban J connectivity index is 1.87. The van der Waals surface area contributed by atoms with Crippen molar-refractivity contribution in [3.05, 3.63) is 60.7 Å². The lowest BCUT2D eigenvalue weighted by Crippen LogP contribution is -2.67. The maximum atomic E-state index is 11.5. The van der Waals surface area contributed by atoms with E-state index < -0.39 is 20.5 Å². The van der Waals surface area contributed by atoms with Gasteiger partial charge < -0.3 is 24.3 Å². The van der Waals surface area contributed by atoms with Gasteiger partial charge in [-0.2, -0.15) is 0 Å². The molecule has 32 heavy (non-hydrogen) atoms. The Kier molecular flexibility index (Phi) is 8.48. The van der Waals surface area contributed by atoms with Crippen LogP contribution >= 0.6 is 0 Å². The lowest BCUT2D eigenvalue weighted by atomic mass is 10.2. The van der Waals surface area contributed by atoms with E-state index in [1.54, 1.807) is 0 Å². The molecule has 0 radical (unpaired) electrons. The van der Waals surface area contributed by atoms with Crippen molar-refractivity contribution >= 4 is 24.8 Å². The maximum Gasteiger partial charge on any atom is 0.405 e. The van der Waals surface area contributed by atoms with Gasteiger partial charge in [0.1, 0.15) is 0 Å². The summed E-state index contributed by atoms with van der Waals surface area (Å²) in [7, 11) is -2.75. The highest BCUT2D eigenvalue weighted by Crippen LogP contribution is 2.36. The van der Waals surface area contributed by atoms with Crippen LogP contribution in [0.5, 0.6) is 0 Å². The van der Waals surface area contributed by atoms with Crippen LogP contribution in [0.1, 0.15) is 40.0 Å². The first-order chi connectivity index (χ1) is 15.3. The van der Waals surface area contributed by atoms with E-state index >= 15 is 0 Å². The minimum Gasteiger partial charge on any atom is -0.465 e. The molecule has 6 nitrogen and oxygen atoms in total. The maximum absolute atomic E-state index is 11.5. The molecule has 1 unspecified atom stereocenters. The summed E-state index contributed by atoms with van der Waals surface area (Å²) in [5.74, 6) is 0. The average Bonchev–Trinajstić information content (AvgIpc) is 2.78. The summed E-state index contributed by atoms with van der Waals surface area (Å²) in [4.78, 5) is 11.5. The largest absolute Gasteiger partial charge is 0.465 e. The van der Waals surface area contributed by atoms with Gasteiger partial charge in [0.15, 0.2) is 6.29 Å². The summed E-state index contributed by atoms with van der Waals surface area (Å²) in [5, 5.41) is 14.1. The molecule has 3 rings (SSSR count). The second-order valence-electron chi connectivity index (χ2n) is 9.25. The molecule has 1 fully saturated rings. The molecule has 1 amide bonds. The first-order valence-electron chi connectivity index (χ1n) is 11.3. The molecule has 0 spiro atoms. The number of benzene rings is 2. The molecule has 0 aromatic heterocycles. The van der Waals surface area contributed by atoms with Crippen molar-refractivity contribution in [2.45, 2.75) is 57.4 Å². The molecule has 2 N–H and O–H groups in total. The highest BCUT2D eigenvalue weighted by atomic mass is 28.4. The van der Waals surface area contributed by atoms with E-state index in [0.717, 1.165) is 29.6 Å². The molecule has 174 valence electrons. The predicted octanol–water partition coefficient (Wildman–Crippen LogP) is 3.74.